The number of nitrogens with one attached hydrogen (secondary N) is 1. The van der Waals surface area contributed by atoms with Crippen LogP contribution in [0.5, 0.6) is 0 Å². The Labute approximate surface area is 112 Å². The Kier molecular flexibility index (Phi) is 4.45. The minimum Gasteiger partial charge on any atom is -0.313 e. The van der Waals surface area contributed by atoms with Crippen LogP contribution in [0.15, 0.2) is 30.3 Å². The molecule has 0 aliphatic heterocycles. The summed E-state index contributed by atoms with van der Waals surface area (Å²) in [5.41, 5.74) is 1.97. The Morgan fingerprint density at radius 3 is 2.33 bits per heavy atom. The van der Waals surface area contributed by atoms with Crippen LogP contribution in [0.1, 0.15) is 52.0 Å². The second-order valence-electron chi connectivity index (χ2n) is 6.16. The Morgan fingerprint density at radius 1 is 1.17 bits per heavy atom. The van der Waals surface area contributed by atoms with Crippen molar-refractivity contribution in [1.29, 1.82) is 0 Å². The van der Waals surface area contributed by atoms with Crippen LogP contribution in [0, 0.1) is 5.92 Å². The lowest BCUT2D eigenvalue weighted by Crippen LogP contribution is -2.41. The van der Waals surface area contributed by atoms with Crippen LogP contribution in [0.4, 0.5) is 0 Å². The van der Waals surface area contributed by atoms with Gasteiger partial charge in [-0.2, -0.15) is 0 Å². The van der Waals surface area contributed by atoms with Crippen LogP contribution < -0.4 is 5.32 Å². The molecule has 100 valence electrons. The zero-order valence-corrected chi connectivity index (χ0v) is 12.1. The highest BCUT2D eigenvalue weighted by molar-refractivity contribution is 5.33. The van der Waals surface area contributed by atoms with E-state index in [2.05, 4.69) is 56.4 Å². The molecule has 1 N–H and O–H groups in total. The van der Waals surface area contributed by atoms with Gasteiger partial charge in [0.25, 0.3) is 0 Å². The molecule has 1 aliphatic rings. The Bertz CT molecular complexity index is 351. The van der Waals surface area contributed by atoms with Gasteiger partial charge in [0.1, 0.15) is 0 Å². The van der Waals surface area contributed by atoms with E-state index in [-0.39, 0.29) is 0 Å². The molecule has 1 nitrogen and oxygen atoms in total. The fourth-order valence-corrected chi connectivity index (χ4v) is 3.04. The fourth-order valence-electron chi connectivity index (χ4n) is 3.04. The molecule has 1 aromatic carbocycles. The molecule has 1 unspecified atom stereocenters. The van der Waals surface area contributed by atoms with Crippen molar-refractivity contribution < 1.29 is 0 Å². The summed E-state index contributed by atoms with van der Waals surface area (Å²) in [5.74, 6) is 0.764. The molecule has 0 radical (unpaired) electrons. The van der Waals surface area contributed by atoms with Crippen LogP contribution in [0.25, 0.3) is 0 Å². The maximum atomic E-state index is 3.80. The Morgan fingerprint density at radius 2 is 1.83 bits per heavy atom. The average molecular weight is 245 g/mol. The van der Waals surface area contributed by atoms with Crippen molar-refractivity contribution in [2.45, 2.75) is 57.9 Å². The summed E-state index contributed by atoms with van der Waals surface area (Å²) in [7, 11) is 0. The topological polar surface area (TPSA) is 12.0 Å². The predicted octanol–water partition coefficient (Wildman–Crippen LogP) is 4.13. The molecule has 1 atom stereocenters. The van der Waals surface area contributed by atoms with Gasteiger partial charge < -0.3 is 5.32 Å². The van der Waals surface area contributed by atoms with Gasteiger partial charge in [-0.3, -0.25) is 0 Å². The summed E-state index contributed by atoms with van der Waals surface area (Å²) in [6.45, 7) is 8.07. The van der Waals surface area contributed by atoms with E-state index >= 15 is 0 Å². The normalized spacial score (nSPS) is 18.9. The van der Waals surface area contributed by atoms with E-state index in [0.717, 1.165) is 12.5 Å². The summed E-state index contributed by atoms with van der Waals surface area (Å²) in [6, 6.07) is 11.8. The molecule has 0 aromatic heterocycles. The third-order valence-corrected chi connectivity index (χ3v) is 4.15. The molecule has 1 aromatic rings. The highest BCUT2D eigenvalue weighted by atomic mass is 14.9. The van der Waals surface area contributed by atoms with Crippen molar-refractivity contribution in [3.8, 4) is 0 Å². The first-order valence-electron chi connectivity index (χ1n) is 7.48. The SMILES string of the molecule is CCCNC(CC(C)C)C1(c2ccccc2)CC1. The molecular weight excluding hydrogens is 218 g/mol. The summed E-state index contributed by atoms with van der Waals surface area (Å²) in [5, 5.41) is 3.80. The van der Waals surface area contributed by atoms with Crippen LogP contribution in [-0.4, -0.2) is 12.6 Å². The summed E-state index contributed by atoms with van der Waals surface area (Å²) in [4.78, 5) is 0. The third-order valence-electron chi connectivity index (χ3n) is 4.15. The Balaban J connectivity index is 2.14. The molecule has 0 heterocycles. The largest absolute Gasteiger partial charge is 0.313 e. The van der Waals surface area contributed by atoms with Gasteiger partial charge in [0, 0.05) is 11.5 Å². The molecule has 0 bridgehead atoms. The highest BCUT2D eigenvalue weighted by Crippen LogP contribution is 2.52. The van der Waals surface area contributed by atoms with Crippen LogP contribution in [0.3, 0.4) is 0 Å². The number of hydrogen-bond donors (Lipinski definition) is 1. The van der Waals surface area contributed by atoms with Gasteiger partial charge in [0.15, 0.2) is 0 Å². The monoisotopic (exact) mass is 245 g/mol. The smallest absolute Gasteiger partial charge is 0.0166 e. The second kappa shape index (κ2) is 5.88. The van der Waals surface area contributed by atoms with Crippen LogP contribution in [0.2, 0.25) is 0 Å². The van der Waals surface area contributed by atoms with Gasteiger partial charge in [-0.1, -0.05) is 51.1 Å². The Hall–Kier alpha value is -0.820. The summed E-state index contributed by atoms with van der Waals surface area (Å²) >= 11 is 0. The first kappa shape index (κ1) is 13.6. The zero-order chi connectivity index (χ0) is 13.0. The molecule has 0 amide bonds. The van der Waals surface area contributed by atoms with Gasteiger partial charge in [-0.05, 0) is 43.7 Å². The predicted molar refractivity (Wildman–Crippen MR) is 78.9 cm³/mol. The number of benzene rings is 1. The minimum atomic E-state index is 0.431. The minimum absolute atomic E-state index is 0.431. The van der Waals surface area contributed by atoms with E-state index in [1.807, 2.05) is 0 Å². The van der Waals surface area contributed by atoms with E-state index < -0.39 is 0 Å². The van der Waals surface area contributed by atoms with Crippen molar-refractivity contribution in [3.05, 3.63) is 35.9 Å². The van der Waals surface area contributed by atoms with Gasteiger partial charge >= 0.3 is 0 Å². The standard InChI is InChI=1S/C17H27N/c1-4-12-18-16(13-14(2)3)17(10-11-17)15-8-6-5-7-9-15/h5-9,14,16,18H,4,10-13H2,1-3H3. The van der Waals surface area contributed by atoms with Crippen molar-refractivity contribution >= 4 is 0 Å². The highest BCUT2D eigenvalue weighted by Gasteiger charge is 2.50. The fraction of sp³-hybridized carbons (Fsp3) is 0.647. The zero-order valence-electron chi connectivity index (χ0n) is 12.1. The molecule has 2 rings (SSSR count). The molecule has 1 fully saturated rings. The number of hydrogen-bond acceptors (Lipinski definition) is 1. The molecule has 18 heavy (non-hydrogen) atoms. The molecule has 1 saturated carbocycles. The van der Waals surface area contributed by atoms with Gasteiger partial charge in [-0.25, -0.2) is 0 Å². The maximum Gasteiger partial charge on any atom is 0.0166 e. The van der Waals surface area contributed by atoms with E-state index in [4.69, 9.17) is 0 Å². The van der Waals surface area contributed by atoms with Gasteiger partial charge in [-0.15, -0.1) is 0 Å². The molecule has 0 saturated heterocycles. The van der Waals surface area contributed by atoms with E-state index in [9.17, 15) is 0 Å². The van der Waals surface area contributed by atoms with Crippen LogP contribution >= 0.6 is 0 Å². The van der Waals surface area contributed by atoms with Crippen molar-refractivity contribution in [3.63, 3.8) is 0 Å². The lowest BCUT2D eigenvalue weighted by molar-refractivity contribution is 0.350. The molecule has 1 aliphatic carbocycles. The summed E-state index contributed by atoms with van der Waals surface area (Å²) in [6.07, 6.45) is 5.21. The van der Waals surface area contributed by atoms with Crippen molar-refractivity contribution in [2.24, 2.45) is 5.92 Å². The molecular formula is C17H27N. The number of rotatable bonds is 7. The van der Waals surface area contributed by atoms with E-state index in [1.54, 1.807) is 5.56 Å². The molecule has 0 spiro atoms. The average Bonchev–Trinajstić information content (AvgIpc) is 3.16. The lowest BCUT2D eigenvalue weighted by Gasteiger charge is -2.30. The van der Waals surface area contributed by atoms with Gasteiger partial charge in [0.05, 0.1) is 0 Å². The first-order valence-corrected chi connectivity index (χ1v) is 7.48. The molecule has 1 heteroatoms. The lowest BCUT2D eigenvalue weighted by atomic mass is 9.83. The van der Waals surface area contributed by atoms with Crippen molar-refractivity contribution in [2.75, 3.05) is 6.54 Å². The second-order valence-corrected chi connectivity index (χ2v) is 6.16. The maximum absolute atomic E-state index is 3.80. The van der Waals surface area contributed by atoms with E-state index in [0.29, 0.717) is 11.5 Å². The van der Waals surface area contributed by atoms with Crippen LogP contribution in [-0.2, 0) is 5.41 Å². The van der Waals surface area contributed by atoms with E-state index in [1.165, 1.54) is 25.7 Å². The first-order chi connectivity index (χ1) is 8.69. The van der Waals surface area contributed by atoms with Crippen molar-refractivity contribution in [1.82, 2.24) is 5.32 Å². The third kappa shape index (κ3) is 2.95. The quantitative estimate of drug-likeness (QED) is 0.761. The summed E-state index contributed by atoms with van der Waals surface area (Å²) < 4.78 is 0. The van der Waals surface area contributed by atoms with Gasteiger partial charge in [0.2, 0.25) is 0 Å².